The van der Waals surface area contributed by atoms with Crippen molar-refractivity contribution in [1.29, 1.82) is 10.5 Å². The second-order valence-electron chi connectivity index (χ2n) is 12.0. The molecule has 0 bridgehead atoms. The van der Waals surface area contributed by atoms with Gasteiger partial charge in [-0.3, -0.25) is 0 Å². The Labute approximate surface area is 277 Å². The second-order valence-corrected chi connectivity index (χ2v) is 12.0. The molecule has 0 aliphatic heterocycles. The van der Waals surface area contributed by atoms with Crippen LogP contribution in [0.25, 0.3) is 77.2 Å². The summed E-state index contributed by atoms with van der Waals surface area (Å²) in [5.74, 6) is 0. The zero-order valence-corrected chi connectivity index (χ0v) is 25.8. The van der Waals surface area contributed by atoms with E-state index in [2.05, 4.69) is 155 Å². The van der Waals surface area contributed by atoms with Crippen molar-refractivity contribution in [2.24, 2.45) is 0 Å². The summed E-state index contributed by atoms with van der Waals surface area (Å²) in [5.41, 5.74) is 11.2. The Bertz CT molecular complexity index is 2690. The standard InChI is InChI=1S/C44H26N4/c45-27-32-25-39(44(26-33(32)28-46)48-42-18-7-3-14-37(42)38-15-4-8-19-43(38)48)30-22-20-29(21-23-30)31-10-9-11-34(24-31)47-40-16-5-1-12-35(40)36-13-2-6-17-41(36)47/h1-26H. The van der Waals surface area contributed by atoms with Crippen molar-refractivity contribution in [3.63, 3.8) is 0 Å². The zero-order valence-electron chi connectivity index (χ0n) is 25.8. The molecule has 0 fully saturated rings. The van der Waals surface area contributed by atoms with E-state index in [9.17, 15) is 10.5 Å². The lowest BCUT2D eigenvalue weighted by Crippen LogP contribution is -2.00. The maximum absolute atomic E-state index is 10.0. The van der Waals surface area contributed by atoms with Gasteiger partial charge < -0.3 is 9.13 Å². The minimum absolute atomic E-state index is 0.358. The van der Waals surface area contributed by atoms with Gasteiger partial charge in [0.25, 0.3) is 0 Å². The number of hydrogen-bond acceptors (Lipinski definition) is 2. The largest absolute Gasteiger partial charge is 0.309 e. The molecule has 4 heteroatoms. The molecule has 0 saturated carbocycles. The molecule has 0 N–H and O–H groups in total. The van der Waals surface area contributed by atoms with Crippen LogP contribution in [-0.2, 0) is 0 Å². The molecule has 0 aliphatic carbocycles. The van der Waals surface area contributed by atoms with Gasteiger partial charge in [0.1, 0.15) is 12.1 Å². The second kappa shape index (κ2) is 10.9. The monoisotopic (exact) mass is 610 g/mol. The van der Waals surface area contributed by atoms with Crippen molar-refractivity contribution in [3.8, 4) is 45.8 Å². The summed E-state index contributed by atoms with van der Waals surface area (Å²) in [4.78, 5) is 0. The van der Waals surface area contributed by atoms with Crippen LogP contribution in [0.15, 0.2) is 158 Å². The smallest absolute Gasteiger partial charge is 0.101 e. The Kier molecular flexibility index (Phi) is 6.22. The van der Waals surface area contributed by atoms with E-state index in [-0.39, 0.29) is 0 Å². The minimum atomic E-state index is 0.358. The number of nitriles is 2. The average molecular weight is 611 g/mol. The first-order valence-corrected chi connectivity index (χ1v) is 15.9. The van der Waals surface area contributed by atoms with Crippen LogP contribution in [0.1, 0.15) is 11.1 Å². The first kappa shape index (κ1) is 27.4. The molecule has 0 unspecified atom stereocenters. The van der Waals surface area contributed by atoms with Gasteiger partial charge in [0, 0.05) is 32.8 Å². The zero-order chi connectivity index (χ0) is 32.2. The van der Waals surface area contributed by atoms with Crippen LogP contribution in [-0.4, -0.2) is 9.13 Å². The Morgan fingerprint density at radius 2 is 0.833 bits per heavy atom. The van der Waals surface area contributed by atoms with Gasteiger partial charge in [-0.05, 0) is 65.2 Å². The van der Waals surface area contributed by atoms with Crippen molar-refractivity contribution >= 4 is 43.6 Å². The fourth-order valence-corrected chi connectivity index (χ4v) is 7.24. The third-order valence-corrected chi connectivity index (χ3v) is 9.41. The van der Waals surface area contributed by atoms with Crippen LogP contribution < -0.4 is 0 Å². The Balaban J connectivity index is 1.19. The molecule has 0 amide bonds. The van der Waals surface area contributed by atoms with E-state index in [0.717, 1.165) is 55.4 Å². The lowest BCUT2D eigenvalue weighted by Gasteiger charge is -2.16. The molecule has 0 spiro atoms. The number of fused-ring (bicyclic) bond motifs is 6. The van der Waals surface area contributed by atoms with Crippen molar-refractivity contribution in [1.82, 2.24) is 9.13 Å². The summed E-state index contributed by atoms with van der Waals surface area (Å²) in [6.07, 6.45) is 0. The SMILES string of the molecule is N#Cc1cc(-c2ccc(-c3cccc(-n4c5ccccc5c5ccccc54)c3)cc2)c(-n2c3ccccc3c3ccccc32)cc1C#N. The third-order valence-electron chi connectivity index (χ3n) is 9.41. The van der Waals surface area contributed by atoms with Gasteiger partial charge in [-0.15, -0.1) is 0 Å². The molecule has 4 nitrogen and oxygen atoms in total. The van der Waals surface area contributed by atoms with Gasteiger partial charge in [-0.2, -0.15) is 10.5 Å². The highest BCUT2D eigenvalue weighted by molar-refractivity contribution is 6.10. The van der Waals surface area contributed by atoms with Gasteiger partial charge >= 0.3 is 0 Å². The first-order chi connectivity index (χ1) is 23.7. The fraction of sp³-hybridized carbons (Fsp3) is 0. The highest BCUT2D eigenvalue weighted by Crippen LogP contribution is 2.38. The minimum Gasteiger partial charge on any atom is -0.309 e. The van der Waals surface area contributed by atoms with Crippen molar-refractivity contribution in [2.75, 3.05) is 0 Å². The van der Waals surface area contributed by atoms with E-state index in [1.165, 1.54) is 21.8 Å². The molecule has 0 atom stereocenters. The van der Waals surface area contributed by atoms with Crippen LogP contribution in [0.4, 0.5) is 0 Å². The van der Waals surface area contributed by atoms with Gasteiger partial charge in [-0.1, -0.05) is 109 Å². The number of hydrogen-bond donors (Lipinski definition) is 0. The molecule has 9 aromatic rings. The van der Waals surface area contributed by atoms with Crippen LogP contribution in [0, 0.1) is 22.7 Å². The normalized spacial score (nSPS) is 11.3. The fourth-order valence-electron chi connectivity index (χ4n) is 7.24. The van der Waals surface area contributed by atoms with Crippen molar-refractivity contribution < 1.29 is 0 Å². The Morgan fingerprint density at radius 1 is 0.375 bits per heavy atom. The number of nitrogens with zero attached hydrogens (tertiary/aromatic N) is 4. The molecule has 48 heavy (non-hydrogen) atoms. The highest BCUT2D eigenvalue weighted by atomic mass is 15.0. The van der Waals surface area contributed by atoms with E-state index >= 15 is 0 Å². The molecule has 222 valence electrons. The van der Waals surface area contributed by atoms with Crippen LogP contribution in [0.5, 0.6) is 0 Å². The van der Waals surface area contributed by atoms with Crippen LogP contribution in [0.2, 0.25) is 0 Å². The summed E-state index contributed by atoms with van der Waals surface area (Å²) in [6, 6.07) is 59.1. The van der Waals surface area contributed by atoms with Gasteiger partial charge in [0.05, 0.1) is 38.9 Å². The molecule has 7 aromatic carbocycles. The Hall–Kier alpha value is -6.88. The average Bonchev–Trinajstić information content (AvgIpc) is 3.67. The lowest BCUT2D eigenvalue weighted by molar-refractivity contribution is 1.17. The Morgan fingerprint density at radius 3 is 1.35 bits per heavy atom. The molecule has 2 aromatic heterocycles. The maximum atomic E-state index is 10.0. The molecule has 0 radical (unpaired) electrons. The van der Waals surface area contributed by atoms with Crippen LogP contribution >= 0.6 is 0 Å². The van der Waals surface area contributed by atoms with Gasteiger partial charge in [0.15, 0.2) is 0 Å². The molecule has 0 saturated heterocycles. The summed E-state index contributed by atoms with van der Waals surface area (Å²) in [5, 5.41) is 24.8. The summed E-state index contributed by atoms with van der Waals surface area (Å²) >= 11 is 0. The number of para-hydroxylation sites is 4. The molecule has 9 rings (SSSR count). The number of benzene rings is 7. The van der Waals surface area contributed by atoms with E-state index in [1.807, 2.05) is 24.3 Å². The number of aromatic nitrogens is 2. The summed E-state index contributed by atoms with van der Waals surface area (Å²) in [6.45, 7) is 0. The molecule has 0 aliphatic rings. The number of rotatable bonds is 4. The highest BCUT2D eigenvalue weighted by Gasteiger charge is 2.19. The summed E-state index contributed by atoms with van der Waals surface area (Å²) in [7, 11) is 0. The van der Waals surface area contributed by atoms with Gasteiger partial charge in [-0.25, -0.2) is 0 Å². The topological polar surface area (TPSA) is 57.4 Å². The van der Waals surface area contributed by atoms with Gasteiger partial charge in [0.2, 0.25) is 0 Å². The first-order valence-electron chi connectivity index (χ1n) is 15.9. The molecule has 2 heterocycles. The quantitative estimate of drug-likeness (QED) is 0.199. The lowest BCUT2D eigenvalue weighted by atomic mass is 9.95. The van der Waals surface area contributed by atoms with Crippen molar-refractivity contribution in [3.05, 3.63) is 169 Å². The van der Waals surface area contributed by atoms with Crippen molar-refractivity contribution in [2.45, 2.75) is 0 Å². The van der Waals surface area contributed by atoms with Crippen LogP contribution in [0.3, 0.4) is 0 Å². The summed E-state index contributed by atoms with van der Waals surface area (Å²) < 4.78 is 4.55. The predicted octanol–water partition coefficient (Wildman–Crippen LogP) is 11.0. The maximum Gasteiger partial charge on any atom is 0.101 e. The van der Waals surface area contributed by atoms with E-state index < -0.39 is 0 Å². The molecular weight excluding hydrogens is 585 g/mol. The van der Waals surface area contributed by atoms with E-state index in [1.54, 1.807) is 0 Å². The van der Waals surface area contributed by atoms with E-state index in [4.69, 9.17) is 0 Å². The predicted molar refractivity (Wildman–Crippen MR) is 195 cm³/mol. The molecular formula is C44H26N4. The van der Waals surface area contributed by atoms with E-state index in [0.29, 0.717) is 11.1 Å². The third kappa shape index (κ3) is 4.14.